The highest BCUT2D eigenvalue weighted by molar-refractivity contribution is 5.84. The monoisotopic (exact) mass is 283 g/mol. The number of unbranched alkanes of at least 4 members (excludes halogenated alkanes) is 2. The van der Waals surface area contributed by atoms with Crippen LogP contribution in [-0.2, 0) is 0 Å². The zero-order valence-corrected chi connectivity index (χ0v) is 11.9. The molecule has 1 aromatic rings. The number of nitrogens with zero attached hydrogens (tertiary/aromatic N) is 1. The van der Waals surface area contributed by atoms with Crippen LogP contribution in [0.15, 0.2) is 12.3 Å². The van der Waals surface area contributed by atoms with E-state index in [9.17, 15) is 10.0 Å². The Kier molecular flexibility index (Phi) is 6.63. The van der Waals surface area contributed by atoms with Gasteiger partial charge in [-0.25, -0.2) is 4.79 Å². The predicted molar refractivity (Wildman–Crippen MR) is 73.2 cm³/mol. The Morgan fingerprint density at radius 1 is 1.20 bits per heavy atom. The number of hydrogen-bond acceptors (Lipinski definition) is 4. The predicted octanol–water partition coefficient (Wildman–Crippen LogP) is 2.38. The molecule has 6 nitrogen and oxygen atoms in total. The Balaban J connectivity index is 2.93. The van der Waals surface area contributed by atoms with E-state index in [0.717, 1.165) is 31.9 Å². The van der Waals surface area contributed by atoms with Crippen LogP contribution in [0.3, 0.4) is 0 Å². The normalized spacial score (nSPS) is 10.3. The Morgan fingerprint density at radius 2 is 1.75 bits per heavy atom. The van der Waals surface area contributed by atoms with E-state index in [2.05, 4.69) is 0 Å². The average Bonchev–Trinajstić information content (AvgIpc) is 2.41. The third-order valence-electron chi connectivity index (χ3n) is 2.71. The Bertz CT molecular complexity index is 447. The molecule has 0 amide bonds. The molecule has 0 aliphatic carbocycles. The Hall–Kier alpha value is -1.98. The molecular formula is C14H21NO5. The molecule has 0 saturated carbocycles. The van der Waals surface area contributed by atoms with E-state index in [1.807, 2.05) is 13.8 Å². The van der Waals surface area contributed by atoms with Gasteiger partial charge in [0.25, 0.3) is 0 Å². The van der Waals surface area contributed by atoms with Gasteiger partial charge in [0.15, 0.2) is 5.75 Å². The summed E-state index contributed by atoms with van der Waals surface area (Å²) in [5.41, 5.74) is -0.376. The summed E-state index contributed by atoms with van der Waals surface area (Å²) in [6, 6.07) is 1.21. The van der Waals surface area contributed by atoms with Crippen molar-refractivity contribution in [2.24, 2.45) is 0 Å². The topological polar surface area (TPSA) is 82.7 Å². The molecule has 0 aromatic carbocycles. The molecule has 0 spiro atoms. The van der Waals surface area contributed by atoms with Crippen molar-refractivity contribution in [1.29, 1.82) is 0 Å². The fraction of sp³-hybridized carbons (Fsp3) is 0.571. The van der Waals surface area contributed by atoms with Gasteiger partial charge in [0.05, 0.1) is 19.3 Å². The summed E-state index contributed by atoms with van der Waals surface area (Å²) in [6.45, 7) is 4.99. The minimum absolute atomic E-state index is 0.287. The summed E-state index contributed by atoms with van der Waals surface area (Å²) in [4.78, 5) is 11.0. The fourth-order valence-corrected chi connectivity index (χ4v) is 1.53. The number of carboxylic acids is 1. The van der Waals surface area contributed by atoms with Gasteiger partial charge in [0, 0.05) is 0 Å². The van der Waals surface area contributed by atoms with Gasteiger partial charge in [-0.3, -0.25) is 0 Å². The molecule has 0 unspecified atom stereocenters. The first kappa shape index (κ1) is 16.1. The molecule has 0 aliphatic heterocycles. The van der Waals surface area contributed by atoms with Crippen LogP contribution < -0.4 is 14.2 Å². The zero-order valence-electron chi connectivity index (χ0n) is 11.9. The van der Waals surface area contributed by atoms with E-state index in [1.54, 1.807) is 0 Å². The highest BCUT2D eigenvalue weighted by atomic mass is 16.5. The summed E-state index contributed by atoms with van der Waals surface area (Å²) in [5, 5.41) is 20.5. The van der Waals surface area contributed by atoms with Gasteiger partial charge >= 0.3 is 11.7 Å². The lowest BCUT2D eigenvalue weighted by atomic mass is 10.3. The fourth-order valence-electron chi connectivity index (χ4n) is 1.53. The van der Waals surface area contributed by atoms with Gasteiger partial charge in [-0.1, -0.05) is 26.7 Å². The first-order chi connectivity index (χ1) is 9.60. The number of carbonyl (C=O) groups is 1. The van der Waals surface area contributed by atoms with Crippen LogP contribution in [0.5, 0.6) is 11.5 Å². The molecule has 1 N–H and O–H groups in total. The van der Waals surface area contributed by atoms with Crippen LogP contribution in [0.25, 0.3) is 0 Å². The summed E-state index contributed by atoms with van der Waals surface area (Å²) < 4.78 is 11.3. The molecule has 0 saturated heterocycles. The van der Waals surface area contributed by atoms with Crippen molar-refractivity contribution in [1.82, 2.24) is 0 Å². The molecule has 0 fully saturated rings. The molecule has 0 bridgehead atoms. The van der Waals surface area contributed by atoms with Crippen LogP contribution in [0, 0.1) is 5.21 Å². The SMILES string of the molecule is CCCCOc1cc(C(=O)O)[n+]([O-])cc1OCCCC. The van der Waals surface area contributed by atoms with Crippen molar-refractivity contribution in [3.05, 3.63) is 23.2 Å². The van der Waals surface area contributed by atoms with Gasteiger partial charge in [-0.2, -0.15) is 4.73 Å². The molecule has 0 atom stereocenters. The van der Waals surface area contributed by atoms with Gasteiger partial charge < -0.3 is 19.8 Å². The first-order valence-electron chi connectivity index (χ1n) is 6.86. The molecule has 20 heavy (non-hydrogen) atoms. The minimum Gasteiger partial charge on any atom is -0.618 e. The number of pyridine rings is 1. The van der Waals surface area contributed by atoms with Crippen molar-refractivity contribution in [2.75, 3.05) is 13.2 Å². The second-order valence-corrected chi connectivity index (χ2v) is 4.42. The highest BCUT2D eigenvalue weighted by Gasteiger charge is 2.21. The molecule has 6 heteroatoms. The lowest BCUT2D eigenvalue weighted by molar-refractivity contribution is -0.608. The third kappa shape index (κ3) is 4.60. The van der Waals surface area contributed by atoms with Crippen molar-refractivity contribution in [3.8, 4) is 11.5 Å². The lowest BCUT2D eigenvalue weighted by Gasteiger charge is -2.12. The molecular weight excluding hydrogens is 262 g/mol. The van der Waals surface area contributed by atoms with Crippen molar-refractivity contribution < 1.29 is 24.1 Å². The number of carboxylic acid groups (broad SMARTS) is 1. The van der Waals surface area contributed by atoms with E-state index in [4.69, 9.17) is 14.6 Å². The van der Waals surface area contributed by atoms with Crippen LogP contribution >= 0.6 is 0 Å². The number of aromatic carboxylic acids is 1. The maximum atomic E-state index is 11.6. The van der Waals surface area contributed by atoms with Crippen molar-refractivity contribution in [2.45, 2.75) is 39.5 Å². The number of hydrogen-bond donors (Lipinski definition) is 1. The zero-order chi connectivity index (χ0) is 15.0. The average molecular weight is 283 g/mol. The number of rotatable bonds is 9. The smallest absolute Gasteiger partial charge is 0.402 e. The summed E-state index contributed by atoms with van der Waals surface area (Å²) >= 11 is 0. The van der Waals surface area contributed by atoms with Gasteiger partial charge in [-0.15, -0.1) is 0 Å². The standard InChI is InChI=1S/C14H21NO5/c1-3-5-7-19-12-9-11(14(16)17)15(18)10-13(12)20-8-6-4-2/h9-10H,3-8H2,1-2H3,(H,16,17). The van der Waals surface area contributed by atoms with E-state index >= 15 is 0 Å². The van der Waals surface area contributed by atoms with Gasteiger partial charge in [-0.05, 0) is 12.8 Å². The van der Waals surface area contributed by atoms with E-state index in [-0.39, 0.29) is 16.2 Å². The van der Waals surface area contributed by atoms with Crippen molar-refractivity contribution >= 4 is 5.97 Å². The molecule has 0 aliphatic rings. The minimum atomic E-state index is -1.29. The van der Waals surface area contributed by atoms with Crippen LogP contribution in [-0.4, -0.2) is 24.3 Å². The molecule has 1 aromatic heterocycles. The van der Waals surface area contributed by atoms with Crippen molar-refractivity contribution in [3.63, 3.8) is 0 Å². The molecule has 1 heterocycles. The quantitative estimate of drug-likeness (QED) is 0.427. The van der Waals surface area contributed by atoms with E-state index < -0.39 is 5.97 Å². The Morgan fingerprint density at radius 3 is 2.25 bits per heavy atom. The van der Waals surface area contributed by atoms with Gasteiger partial charge in [0.1, 0.15) is 0 Å². The van der Waals surface area contributed by atoms with E-state index in [0.29, 0.717) is 19.0 Å². The number of ether oxygens (including phenoxy) is 2. The summed E-state index contributed by atoms with van der Waals surface area (Å²) in [5.74, 6) is -0.700. The van der Waals surface area contributed by atoms with E-state index in [1.165, 1.54) is 6.07 Å². The highest BCUT2D eigenvalue weighted by Crippen LogP contribution is 2.26. The summed E-state index contributed by atoms with van der Waals surface area (Å²) in [7, 11) is 0. The third-order valence-corrected chi connectivity index (χ3v) is 2.71. The van der Waals surface area contributed by atoms with Gasteiger partial charge in [0.2, 0.25) is 11.9 Å². The molecule has 1 rings (SSSR count). The molecule has 0 radical (unpaired) electrons. The lowest BCUT2D eigenvalue weighted by Crippen LogP contribution is -2.34. The van der Waals surface area contributed by atoms with Crippen LogP contribution in [0.2, 0.25) is 0 Å². The second kappa shape index (κ2) is 8.24. The molecule has 112 valence electrons. The second-order valence-electron chi connectivity index (χ2n) is 4.42. The maximum Gasteiger partial charge on any atom is 0.402 e. The summed E-state index contributed by atoms with van der Waals surface area (Å²) in [6.07, 6.45) is 4.75. The Labute approximate surface area is 118 Å². The maximum absolute atomic E-state index is 11.6. The number of aromatic nitrogens is 1. The van der Waals surface area contributed by atoms with Crippen LogP contribution in [0.4, 0.5) is 0 Å². The van der Waals surface area contributed by atoms with Crippen LogP contribution in [0.1, 0.15) is 50.0 Å². The largest absolute Gasteiger partial charge is 0.618 e. The first-order valence-corrected chi connectivity index (χ1v) is 6.86.